The molecule has 4 N–H and O–H groups in total. The molecule has 33 heavy (non-hydrogen) atoms. The van der Waals surface area contributed by atoms with Crippen molar-refractivity contribution >= 4 is 39.7 Å². The van der Waals surface area contributed by atoms with Gasteiger partial charge in [0.05, 0.1) is 7.11 Å². The van der Waals surface area contributed by atoms with E-state index in [2.05, 4.69) is 14.7 Å². The number of hydrogen-bond acceptors (Lipinski definition) is 9. The molecule has 0 bridgehead atoms. The number of nitrogen functional groups attached to an aromatic ring is 1. The first-order valence-corrected chi connectivity index (χ1v) is 10.1. The fourth-order valence-corrected chi connectivity index (χ4v) is 3.86. The first kappa shape index (κ1) is 23.8. The van der Waals surface area contributed by atoms with Gasteiger partial charge in [-0.15, -0.1) is 0 Å². The van der Waals surface area contributed by atoms with Gasteiger partial charge in [0.1, 0.15) is 16.7 Å². The van der Waals surface area contributed by atoms with Gasteiger partial charge in [0.15, 0.2) is 16.7 Å². The van der Waals surface area contributed by atoms with Gasteiger partial charge in [-0.05, 0) is 25.1 Å². The van der Waals surface area contributed by atoms with Crippen LogP contribution in [0.15, 0.2) is 36.5 Å². The number of carbonyl (C=O) groups is 2. The fourth-order valence-electron chi connectivity index (χ4n) is 2.81. The number of ketones is 1. The average Bonchev–Trinajstić information content (AvgIpc) is 3.15. The maximum Gasteiger partial charge on any atom is 0.387 e. The van der Waals surface area contributed by atoms with Gasteiger partial charge in [-0.1, -0.05) is 11.3 Å². The Labute approximate surface area is 189 Å². The molecule has 0 aliphatic rings. The highest BCUT2D eigenvalue weighted by atomic mass is 32.1. The van der Waals surface area contributed by atoms with Crippen molar-refractivity contribution in [2.75, 3.05) is 17.7 Å². The van der Waals surface area contributed by atoms with Crippen molar-refractivity contribution < 1.29 is 32.2 Å². The summed E-state index contributed by atoms with van der Waals surface area (Å²) in [7, 11) is 1.43. The third-order valence-corrected chi connectivity index (χ3v) is 5.54. The second-order valence-corrected chi connectivity index (χ2v) is 7.55. The summed E-state index contributed by atoms with van der Waals surface area (Å²) in [5.41, 5.74) is 11.6. The van der Waals surface area contributed by atoms with Crippen LogP contribution in [0.2, 0.25) is 0 Å². The quantitative estimate of drug-likeness (QED) is 0.446. The normalized spacial score (nSPS) is 11.8. The maximum absolute atomic E-state index is 14.3. The van der Waals surface area contributed by atoms with Crippen molar-refractivity contribution in [2.45, 2.75) is 19.6 Å². The first-order chi connectivity index (χ1) is 15.6. The van der Waals surface area contributed by atoms with Crippen LogP contribution in [0.25, 0.3) is 0 Å². The number of amides is 1. The standard InChI is InChI=1S/C20H18F3N5O4S/c1-9(18(25)30)28(11-4-5-13(12(21)7-11)32-19(22)23)20-27-17(24)16(33-20)15(29)10-3-6-14(31-2)26-8-10/h3-9,19H,24H2,1-2H3,(H2,25,30). The molecule has 3 rings (SSSR count). The SMILES string of the molecule is COc1ccc(C(=O)c2sc(N(c3ccc(OC(F)F)c(F)c3)C(C)C(N)=O)nc2N)cn1. The van der Waals surface area contributed by atoms with Crippen LogP contribution in [0, 0.1) is 5.82 Å². The lowest BCUT2D eigenvalue weighted by Crippen LogP contribution is -2.40. The minimum atomic E-state index is -3.22. The molecule has 2 heterocycles. The number of ether oxygens (including phenoxy) is 2. The van der Waals surface area contributed by atoms with E-state index in [1.54, 1.807) is 0 Å². The Morgan fingerprint density at radius 1 is 1.21 bits per heavy atom. The van der Waals surface area contributed by atoms with Crippen LogP contribution in [0.5, 0.6) is 11.6 Å². The van der Waals surface area contributed by atoms with Gasteiger partial charge in [-0.25, -0.2) is 14.4 Å². The largest absolute Gasteiger partial charge is 0.481 e. The van der Waals surface area contributed by atoms with Crippen LogP contribution >= 0.6 is 11.3 Å². The van der Waals surface area contributed by atoms with E-state index in [0.717, 1.165) is 23.5 Å². The van der Waals surface area contributed by atoms with Gasteiger partial charge >= 0.3 is 6.61 Å². The lowest BCUT2D eigenvalue weighted by atomic mass is 10.1. The number of primary amides is 1. The number of thiazole rings is 1. The topological polar surface area (TPSA) is 134 Å². The monoisotopic (exact) mass is 481 g/mol. The summed E-state index contributed by atoms with van der Waals surface area (Å²) in [4.78, 5) is 34.2. The molecule has 0 radical (unpaired) electrons. The number of hydrogen-bond donors (Lipinski definition) is 2. The smallest absolute Gasteiger partial charge is 0.387 e. The molecule has 13 heteroatoms. The molecule has 0 aliphatic carbocycles. The predicted molar refractivity (Wildman–Crippen MR) is 115 cm³/mol. The number of carbonyl (C=O) groups excluding carboxylic acids is 2. The summed E-state index contributed by atoms with van der Waals surface area (Å²) in [5.74, 6) is -2.86. The molecule has 0 saturated heterocycles. The van der Waals surface area contributed by atoms with Crippen molar-refractivity contribution in [2.24, 2.45) is 5.73 Å². The number of aromatic nitrogens is 2. The Hall–Kier alpha value is -3.87. The van der Waals surface area contributed by atoms with E-state index in [9.17, 15) is 22.8 Å². The van der Waals surface area contributed by atoms with Crippen LogP contribution in [0.1, 0.15) is 22.2 Å². The van der Waals surface area contributed by atoms with Crippen molar-refractivity contribution in [3.05, 3.63) is 52.8 Å². The minimum Gasteiger partial charge on any atom is -0.481 e. The lowest BCUT2D eigenvalue weighted by molar-refractivity contribution is -0.118. The van der Waals surface area contributed by atoms with Gasteiger partial charge in [0, 0.05) is 29.6 Å². The molecule has 0 fully saturated rings. The molecule has 174 valence electrons. The van der Waals surface area contributed by atoms with E-state index in [-0.39, 0.29) is 27.1 Å². The minimum absolute atomic E-state index is 0.0526. The van der Waals surface area contributed by atoms with E-state index in [1.165, 1.54) is 43.3 Å². The molecule has 0 spiro atoms. The molecule has 2 aromatic heterocycles. The van der Waals surface area contributed by atoms with E-state index in [0.29, 0.717) is 5.88 Å². The van der Waals surface area contributed by atoms with Crippen LogP contribution in [0.4, 0.5) is 29.8 Å². The van der Waals surface area contributed by atoms with Crippen LogP contribution in [-0.4, -0.2) is 41.4 Å². The van der Waals surface area contributed by atoms with Crippen LogP contribution in [0.3, 0.4) is 0 Å². The molecular weight excluding hydrogens is 463 g/mol. The third kappa shape index (κ3) is 5.14. The summed E-state index contributed by atoms with van der Waals surface area (Å²) in [6, 6.07) is 5.04. The molecule has 9 nitrogen and oxygen atoms in total. The number of rotatable bonds is 9. The predicted octanol–water partition coefficient (Wildman–Crippen LogP) is 3.11. The van der Waals surface area contributed by atoms with E-state index in [4.69, 9.17) is 16.2 Å². The average molecular weight is 481 g/mol. The summed E-state index contributed by atoms with van der Waals surface area (Å²) >= 11 is 0.842. The number of pyridine rings is 1. The number of nitrogens with zero attached hydrogens (tertiary/aromatic N) is 3. The first-order valence-electron chi connectivity index (χ1n) is 9.26. The lowest BCUT2D eigenvalue weighted by Gasteiger charge is -2.27. The highest BCUT2D eigenvalue weighted by molar-refractivity contribution is 7.18. The Bertz CT molecular complexity index is 1170. The molecule has 0 aliphatic heterocycles. The van der Waals surface area contributed by atoms with Crippen molar-refractivity contribution in [3.63, 3.8) is 0 Å². The summed E-state index contributed by atoms with van der Waals surface area (Å²) < 4.78 is 48.3. The Morgan fingerprint density at radius 2 is 1.94 bits per heavy atom. The Kier molecular flexibility index (Phi) is 7.01. The number of nitrogens with two attached hydrogens (primary N) is 2. The van der Waals surface area contributed by atoms with Crippen molar-refractivity contribution in [1.82, 2.24) is 9.97 Å². The third-order valence-electron chi connectivity index (χ3n) is 4.47. The molecule has 0 saturated carbocycles. The number of benzene rings is 1. The van der Waals surface area contributed by atoms with E-state index >= 15 is 0 Å². The summed E-state index contributed by atoms with van der Waals surface area (Å²) in [6.45, 7) is -1.79. The van der Waals surface area contributed by atoms with Crippen LogP contribution in [-0.2, 0) is 4.79 Å². The van der Waals surface area contributed by atoms with E-state index in [1.807, 2.05) is 0 Å². The number of methoxy groups -OCH3 is 1. The summed E-state index contributed by atoms with van der Waals surface area (Å²) in [5, 5.41) is 0.0607. The van der Waals surface area contributed by atoms with Gasteiger partial charge in [-0.3, -0.25) is 9.59 Å². The van der Waals surface area contributed by atoms with Gasteiger partial charge in [0.2, 0.25) is 17.6 Å². The van der Waals surface area contributed by atoms with Gasteiger partial charge < -0.3 is 25.8 Å². The fraction of sp³-hybridized carbons (Fsp3) is 0.200. The molecule has 1 aromatic carbocycles. The van der Waals surface area contributed by atoms with E-state index < -0.39 is 35.9 Å². The zero-order valence-electron chi connectivity index (χ0n) is 17.3. The van der Waals surface area contributed by atoms with Gasteiger partial charge in [0.25, 0.3) is 0 Å². The molecule has 1 unspecified atom stereocenters. The molecule has 1 amide bonds. The number of alkyl halides is 2. The molecule has 1 atom stereocenters. The Morgan fingerprint density at radius 3 is 2.48 bits per heavy atom. The van der Waals surface area contributed by atoms with Gasteiger partial charge in [-0.2, -0.15) is 8.78 Å². The maximum atomic E-state index is 14.3. The molecular formula is C20H18F3N5O4S. The molecule has 3 aromatic rings. The van der Waals surface area contributed by atoms with Crippen molar-refractivity contribution in [3.8, 4) is 11.6 Å². The summed E-state index contributed by atoms with van der Waals surface area (Å²) in [6.07, 6.45) is 1.31. The second kappa shape index (κ2) is 9.73. The second-order valence-electron chi connectivity index (χ2n) is 6.57. The zero-order chi connectivity index (χ0) is 24.3. The number of anilines is 3. The van der Waals surface area contributed by atoms with Crippen LogP contribution < -0.4 is 25.8 Å². The highest BCUT2D eigenvalue weighted by Crippen LogP contribution is 2.37. The zero-order valence-corrected chi connectivity index (χ0v) is 18.1. The number of halogens is 3. The Balaban J connectivity index is 2.01. The highest BCUT2D eigenvalue weighted by Gasteiger charge is 2.28. The van der Waals surface area contributed by atoms with Crippen molar-refractivity contribution in [1.29, 1.82) is 0 Å².